The van der Waals surface area contributed by atoms with Crippen molar-refractivity contribution in [3.05, 3.63) is 42.1 Å². The van der Waals surface area contributed by atoms with Crippen molar-refractivity contribution in [1.29, 1.82) is 0 Å². The summed E-state index contributed by atoms with van der Waals surface area (Å²) >= 11 is 0. The molecule has 1 aromatic heterocycles. The normalized spacial score (nSPS) is 18.2. The molecule has 1 N–H and O–H groups in total. The lowest BCUT2D eigenvalue weighted by atomic mass is 9.84. The van der Waals surface area contributed by atoms with Crippen molar-refractivity contribution >= 4 is 10.9 Å². The largest absolute Gasteiger partial charge is 0.310 e. The molecule has 1 aromatic carbocycles. The number of nitrogens with zero attached hydrogens (tertiary/aromatic N) is 1. The van der Waals surface area contributed by atoms with Crippen molar-refractivity contribution in [1.82, 2.24) is 10.3 Å². The maximum atomic E-state index is 4.53. The monoisotopic (exact) mass is 268 g/mol. The lowest BCUT2D eigenvalue weighted by Crippen LogP contribution is -2.34. The van der Waals surface area contributed by atoms with Crippen LogP contribution in [0.15, 0.2) is 36.5 Å². The number of benzene rings is 1. The third-order valence-corrected chi connectivity index (χ3v) is 4.69. The fourth-order valence-corrected chi connectivity index (χ4v) is 3.38. The molecule has 1 fully saturated rings. The fourth-order valence-electron chi connectivity index (χ4n) is 3.38. The van der Waals surface area contributed by atoms with Gasteiger partial charge < -0.3 is 5.32 Å². The number of hydrogen-bond acceptors (Lipinski definition) is 2. The van der Waals surface area contributed by atoms with E-state index in [0.717, 1.165) is 18.0 Å². The number of nitrogens with one attached hydrogen (secondary N) is 1. The molecule has 2 heteroatoms. The number of aromatic nitrogens is 1. The van der Waals surface area contributed by atoms with Gasteiger partial charge in [0.05, 0.1) is 5.52 Å². The number of rotatable bonds is 4. The molecule has 2 nitrogen and oxygen atoms in total. The minimum Gasteiger partial charge on any atom is -0.310 e. The molecule has 1 heterocycles. The van der Waals surface area contributed by atoms with Crippen molar-refractivity contribution in [3.63, 3.8) is 0 Å². The average Bonchev–Trinajstić information content (AvgIpc) is 2.53. The molecule has 0 amide bonds. The van der Waals surface area contributed by atoms with Gasteiger partial charge in [-0.3, -0.25) is 4.98 Å². The predicted molar refractivity (Wildman–Crippen MR) is 84.6 cm³/mol. The van der Waals surface area contributed by atoms with E-state index in [1.54, 1.807) is 0 Å². The molecule has 0 spiro atoms. The molecule has 20 heavy (non-hydrogen) atoms. The highest BCUT2D eigenvalue weighted by Gasteiger charge is 2.19. The van der Waals surface area contributed by atoms with Crippen molar-refractivity contribution in [2.24, 2.45) is 5.92 Å². The quantitative estimate of drug-likeness (QED) is 0.894. The third kappa shape index (κ3) is 3.01. The Balaban J connectivity index is 1.67. The number of pyridine rings is 1. The summed E-state index contributed by atoms with van der Waals surface area (Å²) in [7, 11) is 0. The van der Waals surface area contributed by atoms with E-state index in [2.05, 4.69) is 41.5 Å². The van der Waals surface area contributed by atoms with Crippen molar-refractivity contribution in [3.8, 4) is 0 Å². The minimum atomic E-state index is 0.606. The summed E-state index contributed by atoms with van der Waals surface area (Å²) in [6.45, 7) is 3.26. The zero-order chi connectivity index (χ0) is 13.8. The first kappa shape index (κ1) is 13.6. The molecule has 0 radical (unpaired) electrons. The Kier molecular flexibility index (Phi) is 4.31. The third-order valence-electron chi connectivity index (χ3n) is 4.69. The second-order valence-corrected chi connectivity index (χ2v) is 6.06. The molecule has 0 bridgehead atoms. The van der Waals surface area contributed by atoms with E-state index in [0.29, 0.717) is 6.04 Å². The molecule has 106 valence electrons. The Labute approximate surface area is 121 Å². The highest BCUT2D eigenvalue weighted by molar-refractivity contribution is 5.81. The molecule has 1 atom stereocenters. The molecule has 3 rings (SSSR count). The van der Waals surface area contributed by atoms with Crippen LogP contribution in [0, 0.1) is 5.92 Å². The van der Waals surface area contributed by atoms with Gasteiger partial charge in [0.1, 0.15) is 0 Å². The predicted octanol–water partition coefficient (Wildman–Crippen LogP) is 4.29. The highest BCUT2D eigenvalue weighted by Crippen LogP contribution is 2.26. The standard InChI is InChI=1S/C18H24N2/c1-14(15-7-3-2-4-8-15)20-13-17-10-5-9-16-11-6-12-19-18(16)17/h5-6,9-12,14-15,20H,2-4,7-8,13H2,1H3. The Morgan fingerprint density at radius 2 is 1.95 bits per heavy atom. The summed E-state index contributed by atoms with van der Waals surface area (Å²) in [6.07, 6.45) is 8.91. The smallest absolute Gasteiger partial charge is 0.0746 e. The van der Waals surface area contributed by atoms with Crippen LogP contribution in [-0.2, 0) is 6.54 Å². The van der Waals surface area contributed by atoms with Gasteiger partial charge in [-0.15, -0.1) is 0 Å². The van der Waals surface area contributed by atoms with Crippen LogP contribution >= 0.6 is 0 Å². The second kappa shape index (κ2) is 6.36. The molecular weight excluding hydrogens is 244 g/mol. The van der Waals surface area contributed by atoms with Crippen molar-refractivity contribution < 1.29 is 0 Å². The van der Waals surface area contributed by atoms with E-state index < -0.39 is 0 Å². The van der Waals surface area contributed by atoms with Gasteiger partial charge in [0, 0.05) is 24.2 Å². The van der Waals surface area contributed by atoms with Gasteiger partial charge in [0.25, 0.3) is 0 Å². The maximum Gasteiger partial charge on any atom is 0.0746 e. The van der Waals surface area contributed by atoms with Gasteiger partial charge in [0.15, 0.2) is 0 Å². The summed E-state index contributed by atoms with van der Waals surface area (Å²) < 4.78 is 0. The van der Waals surface area contributed by atoms with Crippen molar-refractivity contribution in [2.75, 3.05) is 0 Å². The molecular formula is C18H24N2. The van der Waals surface area contributed by atoms with Crippen molar-refractivity contribution in [2.45, 2.75) is 51.6 Å². The Hall–Kier alpha value is -1.41. The van der Waals surface area contributed by atoms with Crippen LogP contribution in [0.2, 0.25) is 0 Å². The highest BCUT2D eigenvalue weighted by atomic mass is 14.9. The molecule has 1 saturated carbocycles. The molecule has 2 aromatic rings. The lowest BCUT2D eigenvalue weighted by molar-refractivity contribution is 0.281. The molecule has 1 unspecified atom stereocenters. The summed E-state index contributed by atoms with van der Waals surface area (Å²) in [5, 5.41) is 4.95. The summed E-state index contributed by atoms with van der Waals surface area (Å²) in [6, 6.07) is 11.2. The summed E-state index contributed by atoms with van der Waals surface area (Å²) in [4.78, 5) is 4.53. The van der Waals surface area contributed by atoms with Gasteiger partial charge in [-0.1, -0.05) is 43.5 Å². The molecule has 0 aliphatic heterocycles. The topological polar surface area (TPSA) is 24.9 Å². The van der Waals surface area contributed by atoms with Crippen LogP contribution in [-0.4, -0.2) is 11.0 Å². The van der Waals surface area contributed by atoms with Crippen LogP contribution in [0.1, 0.15) is 44.6 Å². The first-order valence-corrected chi connectivity index (χ1v) is 7.90. The van der Waals surface area contributed by atoms with Crippen LogP contribution < -0.4 is 5.32 Å². The van der Waals surface area contributed by atoms with Gasteiger partial charge in [0.2, 0.25) is 0 Å². The van der Waals surface area contributed by atoms with Crippen LogP contribution in [0.3, 0.4) is 0 Å². The van der Waals surface area contributed by atoms with E-state index >= 15 is 0 Å². The van der Waals surface area contributed by atoms with Crippen LogP contribution in [0.5, 0.6) is 0 Å². The molecule has 1 aliphatic rings. The number of para-hydroxylation sites is 1. The Morgan fingerprint density at radius 1 is 1.15 bits per heavy atom. The SMILES string of the molecule is CC(NCc1cccc2cccnc12)C1CCCCC1. The molecule has 1 aliphatic carbocycles. The van der Waals surface area contributed by atoms with E-state index in [1.165, 1.54) is 43.1 Å². The summed E-state index contributed by atoms with van der Waals surface area (Å²) in [5.41, 5.74) is 2.45. The van der Waals surface area contributed by atoms with E-state index in [9.17, 15) is 0 Å². The zero-order valence-corrected chi connectivity index (χ0v) is 12.3. The van der Waals surface area contributed by atoms with Gasteiger partial charge in [-0.2, -0.15) is 0 Å². The number of fused-ring (bicyclic) bond motifs is 1. The van der Waals surface area contributed by atoms with Gasteiger partial charge in [-0.05, 0) is 37.3 Å². The average molecular weight is 268 g/mol. The fraction of sp³-hybridized carbons (Fsp3) is 0.500. The van der Waals surface area contributed by atoms with E-state index in [-0.39, 0.29) is 0 Å². The Bertz CT molecular complexity index is 553. The first-order valence-electron chi connectivity index (χ1n) is 7.90. The van der Waals surface area contributed by atoms with Gasteiger partial charge >= 0.3 is 0 Å². The minimum absolute atomic E-state index is 0.606. The van der Waals surface area contributed by atoms with Crippen LogP contribution in [0.25, 0.3) is 10.9 Å². The number of hydrogen-bond donors (Lipinski definition) is 1. The van der Waals surface area contributed by atoms with Crippen LogP contribution in [0.4, 0.5) is 0 Å². The van der Waals surface area contributed by atoms with E-state index in [1.807, 2.05) is 12.3 Å². The molecule has 0 saturated heterocycles. The lowest BCUT2D eigenvalue weighted by Gasteiger charge is -2.28. The zero-order valence-electron chi connectivity index (χ0n) is 12.3. The second-order valence-electron chi connectivity index (χ2n) is 6.06. The summed E-state index contributed by atoms with van der Waals surface area (Å²) in [5.74, 6) is 0.853. The first-order chi connectivity index (χ1) is 9.84. The van der Waals surface area contributed by atoms with E-state index in [4.69, 9.17) is 0 Å². The Morgan fingerprint density at radius 3 is 2.80 bits per heavy atom. The van der Waals surface area contributed by atoms with Gasteiger partial charge in [-0.25, -0.2) is 0 Å². The maximum absolute atomic E-state index is 4.53.